The van der Waals surface area contributed by atoms with Crippen LogP contribution in [0.3, 0.4) is 0 Å². The van der Waals surface area contributed by atoms with Gasteiger partial charge in [-0.15, -0.1) is 0 Å². The maximum Gasteiger partial charge on any atom is 0.254 e. The molecular weight excluding hydrogens is 274 g/mol. The Kier molecular flexibility index (Phi) is 5.01. The van der Waals surface area contributed by atoms with Gasteiger partial charge < -0.3 is 15.6 Å². The first-order valence-corrected chi connectivity index (χ1v) is 7.79. The highest BCUT2D eigenvalue weighted by atomic mass is 16.2. The molecule has 2 rings (SSSR count). The van der Waals surface area contributed by atoms with Gasteiger partial charge in [-0.3, -0.25) is 4.79 Å². The van der Waals surface area contributed by atoms with Crippen LogP contribution in [0.25, 0.3) is 0 Å². The van der Waals surface area contributed by atoms with Crippen LogP contribution in [0.2, 0.25) is 0 Å². The molecule has 2 N–H and O–H groups in total. The van der Waals surface area contributed by atoms with E-state index < -0.39 is 0 Å². The third-order valence-corrected chi connectivity index (χ3v) is 4.13. The summed E-state index contributed by atoms with van der Waals surface area (Å²) >= 11 is 0. The summed E-state index contributed by atoms with van der Waals surface area (Å²) in [5.41, 5.74) is 2.69. The van der Waals surface area contributed by atoms with Gasteiger partial charge in [0.2, 0.25) is 0 Å². The predicted molar refractivity (Wildman–Crippen MR) is 90.4 cm³/mol. The Morgan fingerprint density at radius 2 is 2.09 bits per heavy atom. The van der Waals surface area contributed by atoms with Crippen molar-refractivity contribution in [1.82, 2.24) is 10.2 Å². The molecule has 0 fully saturated rings. The van der Waals surface area contributed by atoms with E-state index in [0.29, 0.717) is 12.5 Å². The molecule has 2 atom stereocenters. The van der Waals surface area contributed by atoms with Gasteiger partial charge in [-0.05, 0) is 17.5 Å². The van der Waals surface area contributed by atoms with E-state index >= 15 is 0 Å². The minimum absolute atomic E-state index is 0.0660. The van der Waals surface area contributed by atoms with Crippen LogP contribution in [-0.4, -0.2) is 36.7 Å². The van der Waals surface area contributed by atoms with Crippen molar-refractivity contribution in [2.45, 2.75) is 32.7 Å². The highest BCUT2D eigenvalue weighted by molar-refractivity contribution is 5.98. The molecule has 22 heavy (non-hydrogen) atoms. The van der Waals surface area contributed by atoms with Gasteiger partial charge in [0.05, 0.1) is 6.04 Å². The fourth-order valence-electron chi connectivity index (χ4n) is 3.25. The molecule has 0 radical (unpaired) electrons. The number of hydrogen-bond donors (Lipinski definition) is 2. The first-order chi connectivity index (χ1) is 10.5. The first-order valence-electron chi connectivity index (χ1n) is 7.79. The van der Waals surface area contributed by atoms with Crippen molar-refractivity contribution in [2.75, 3.05) is 13.6 Å². The average Bonchev–Trinajstić information content (AvgIpc) is 2.51. The van der Waals surface area contributed by atoms with Crippen molar-refractivity contribution in [3.63, 3.8) is 0 Å². The number of rotatable bonds is 5. The van der Waals surface area contributed by atoms with Gasteiger partial charge >= 0.3 is 0 Å². The molecule has 1 aromatic carbocycles. The standard InChI is InChI=1S/C18H25N3O/c1-12(2)11-21-17(14(9-19)10-20-4)13(3)15-7-5-6-8-16(15)18(21)22/h5-10,12-13,17,19-20H,11H2,1-4H3/b14-10+,19-9?/t13-,17?/m0/s1. The van der Waals surface area contributed by atoms with Gasteiger partial charge in [0.25, 0.3) is 5.91 Å². The van der Waals surface area contributed by atoms with Crippen molar-refractivity contribution in [3.8, 4) is 0 Å². The van der Waals surface area contributed by atoms with E-state index in [1.165, 1.54) is 6.21 Å². The zero-order chi connectivity index (χ0) is 16.3. The number of benzene rings is 1. The molecular formula is C18H25N3O. The summed E-state index contributed by atoms with van der Waals surface area (Å²) < 4.78 is 0. The van der Waals surface area contributed by atoms with Crippen LogP contribution in [-0.2, 0) is 0 Å². The van der Waals surface area contributed by atoms with Gasteiger partial charge in [0.15, 0.2) is 0 Å². The van der Waals surface area contributed by atoms with Gasteiger partial charge in [-0.2, -0.15) is 0 Å². The highest BCUT2D eigenvalue weighted by Crippen LogP contribution is 2.36. The summed E-state index contributed by atoms with van der Waals surface area (Å²) in [4.78, 5) is 14.9. The van der Waals surface area contributed by atoms with E-state index in [-0.39, 0.29) is 17.9 Å². The first kappa shape index (κ1) is 16.3. The fraction of sp³-hybridized carbons (Fsp3) is 0.444. The van der Waals surface area contributed by atoms with Crippen molar-refractivity contribution in [1.29, 1.82) is 5.41 Å². The number of hydrogen-bond acceptors (Lipinski definition) is 3. The second-order valence-corrected chi connectivity index (χ2v) is 6.25. The number of nitrogens with zero attached hydrogens (tertiary/aromatic N) is 1. The van der Waals surface area contributed by atoms with Crippen LogP contribution in [0, 0.1) is 11.3 Å². The highest BCUT2D eigenvalue weighted by Gasteiger charge is 2.38. The van der Waals surface area contributed by atoms with Crippen molar-refractivity contribution < 1.29 is 4.79 Å². The molecule has 0 bridgehead atoms. The van der Waals surface area contributed by atoms with Gasteiger partial charge in [-0.25, -0.2) is 0 Å². The maximum atomic E-state index is 12.9. The summed E-state index contributed by atoms with van der Waals surface area (Å²) in [7, 11) is 1.82. The topological polar surface area (TPSA) is 56.2 Å². The summed E-state index contributed by atoms with van der Waals surface area (Å²) in [5.74, 6) is 0.607. The molecule has 0 spiro atoms. The normalized spacial score (nSPS) is 21.8. The lowest BCUT2D eigenvalue weighted by Crippen LogP contribution is -2.50. The Labute approximate surface area is 132 Å². The van der Waals surface area contributed by atoms with Crippen molar-refractivity contribution in [3.05, 3.63) is 47.2 Å². The third kappa shape index (κ3) is 2.91. The zero-order valence-electron chi connectivity index (χ0n) is 13.8. The molecule has 1 amide bonds. The van der Waals surface area contributed by atoms with E-state index in [0.717, 1.165) is 16.7 Å². The van der Waals surface area contributed by atoms with Crippen LogP contribution in [0.15, 0.2) is 36.0 Å². The second kappa shape index (κ2) is 6.77. The minimum atomic E-state index is -0.102. The Morgan fingerprint density at radius 3 is 2.68 bits per heavy atom. The van der Waals surface area contributed by atoms with Gasteiger partial charge in [-0.1, -0.05) is 39.0 Å². The lowest BCUT2D eigenvalue weighted by atomic mass is 9.80. The van der Waals surface area contributed by atoms with E-state index in [4.69, 9.17) is 5.41 Å². The Balaban J connectivity index is 2.55. The number of amides is 1. The monoisotopic (exact) mass is 299 g/mol. The molecule has 0 saturated carbocycles. The number of carbonyl (C=O) groups is 1. The molecule has 0 saturated heterocycles. The molecule has 4 nitrogen and oxygen atoms in total. The van der Waals surface area contributed by atoms with E-state index in [1.807, 2.05) is 42.4 Å². The molecule has 1 aliphatic rings. The van der Waals surface area contributed by atoms with E-state index in [1.54, 1.807) is 0 Å². The minimum Gasteiger partial charge on any atom is -0.394 e. The number of fused-ring (bicyclic) bond motifs is 1. The van der Waals surface area contributed by atoms with Crippen LogP contribution in [0.4, 0.5) is 0 Å². The summed E-state index contributed by atoms with van der Waals surface area (Å²) in [6.45, 7) is 7.05. The molecule has 0 aliphatic carbocycles. The molecule has 1 aromatic rings. The SMILES string of the molecule is CN/C=C(\C=N)C1[C@@H](C)c2ccccc2C(=O)N1CC(C)C. The van der Waals surface area contributed by atoms with Crippen molar-refractivity contribution in [2.24, 2.45) is 5.92 Å². The fourth-order valence-corrected chi connectivity index (χ4v) is 3.25. The predicted octanol–water partition coefficient (Wildman–Crippen LogP) is 3.02. The van der Waals surface area contributed by atoms with E-state index in [9.17, 15) is 4.79 Å². The maximum absolute atomic E-state index is 12.9. The Hall–Kier alpha value is -2.10. The van der Waals surface area contributed by atoms with Gasteiger partial charge in [0.1, 0.15) is 0 Å². The number of nitrogens with one attached hydrogen (secondary N) is 2. The zero-order valence-corrected chi connectivity index (χ0v) is 13.8. The summed E-state index contributed by atoms with van der Waals surface area (Å²) in [6, 6.07) is 7.72. The quantitative estimate of drug-likeness (QED) is 0.821. The molecule has 4 heteroatoms. The number of carbonyl (C=O) groups excluding carboxylic acids is 1. The second-order valence-electron chi connectivity index (χ2n) is 6.25. The lowest BCUT2D eigenvalue weighted by molar-refractivity contribution is 0.0634. The molecule has 1 unspecified atom stereocenters. The lowest BCUT2D eigenvalue weighted by Gasteiger charge is -2.42. The summed E-state index contributed by atoms with van der Waals surface area (Å²) in [5, 5.41) is 10.7. The Bertz CT molecular complexity index is 592. The van der Waals surface area contributed by atoms with Crippen LogP contribution in [0.1, 0.15) is 42.6 Å². The Morgan fingerprint density at radius 1 is 1.41 bits per heavy atom. The molecule has 0 aromatic heterocycles. The van der Waals surface area contributed by atoms with Crippen LogP contribution < -0.4 is 5.32 Å². The average molecular weight is 299 g/mol. The van der Waals surface area contributed by atoms with Gasteiger partial charge in [0, 0.05) is 43.1 Å². The molecule has 1 aliphatic heterocycles. The smallest absolute Gasteiger partial charge is 0.254 e. The largest absolute Gasteiger partial charge is 0.394 e. The summed E-state index contributed by atoms with van der Waals surface area (Å²) in [6.07, 6.45) is 3.18. The van der Waals surface area contributed by atoms with E-state index in [2.05, 4.69) is 26.1 Å². The van der Waals surface area contributed by atoms with Crippen molar-refractivity contribution >= 4 is 12.1 Å². The molecule has 118 valence electrons. The van der Waals surface area contributed by atoms with Crippen LogP contribution >= 0.6 is 0 Å². The van der Waals surface area contributed by atoms with Crippen LogP contribution in [0.5, 0.6) is 0 Å². The molecule has 1 heterocycles. The third-order valence-electron chi connectivity index (χ3n) is 4.13.